The maximum atomic E-state index is 9.89. The Kier molecular flexibility index (Phi) is 3.99. The molecule has 0 amide bonds. The molecule has 106 valence electrons. The second kappa shape index (κ2) is 6.25. The van der Waals surface area contributed by atoms with Gasteiger partial charge in [0, 0.05) is 10.9 Å². The molecule has 3 aromatic rings. The average molecular weight is 304 g/mol. The van der Waals surface area contributed by atoms with Gasteiger partial charge < -0.3 is 5.11 Å². The lowest BCUT2D eigenvalue weighted by Gasteiger charge is -1.99. The average Bonchev–Trinajstić information content (AvgIpc) is 3.03. The van der Waals surface area contributed by atoms with Crippen molar-refractivity contribution in [3.63, 3.8) is 0 Å². The SMILES string of the molecule is N#C/C(=C/c1ccccc1)c1nc(-c2ccccc2O)cs1. The van der Waals surface area contributed by atoms with Crippen molar-refractivity contribution in [1.82, 2.24) is 4.98 Å². The molecule has 4 heteroatoms. The zero-order valence-electron chi connectivity index (χ0n) is 11.6. The highest BCUT2D eigenvalue weighted by atomic mass is 32.1. The summed E-state index contributed by atoms with van der Waals surface area (Å²) in [6, 6.07) is 18.9. The Labute approximate surface area is 132 Å². The van der Waals surface area contributed by atoms with Crippen LogP contribution in [0, 0.1) is 11.3 Å². The van der Waals surface area contributed by atoms with E-state index in [9.17, 15) is 10.4 Å². The summed E-state index contributed by atoms with van der Waals surface area (Å²) in [5.41, 5.74) is 2.81. The predicted octanol–water partition coefficient (Wildman–Crippen LogP) is 4.58. The maximum absolute atomic E-state index is 9.89. The van der Waals surface area contributed by atoms with Crippen molar-refractivity contribution in [2.24, 2.45) is 0 Å². The van der Waals surface area contributed by atoms with Crippen molar-refractivity contribution >= 4 is 23.0 Å². The third-order valence-electron chi connectivity index (χ3n) is 3.15. The lowest BCUT2D eigenvalue weighted by atomic mass is 10.1. The van der Waals surface area contributed by atoms with Crippen molar-refractivity contribution in [1.29, 1.82) is 5.26 Å². The molecule has 0 saturated carbocycles. The highest BCUT2D eigenvalue weighted by molar-refractivity contribution is 7.11. The third-order valence-corrected chi connectivity index (χ3v) is 4.02. The van der Waals surface area contributed by atoms with Gasteiger partial charge in [0.25, 0.3) is 0 Å². The normalized spacial score (nSPS) is 11.1. The zero-order chi connectivity index (χ0) is 15.4. The molecule has 0 unspecified atom stereocenters. The number of benzene rings is 2. The van der Waals surface area contributed by atoms with E-state index in [0.29, 0.717) is 21.8 Å². The van der Waals surface area contributed by atoms with Crippen LogP contribution in [0.25, 0.3) is 22.9 Å². The molecule has 1 N–H and O–H groups in total. The Balaban J connectivity index is 1.98. The first-order valence-corrected chi connectivity index (χ1v) is 7.57. The standard InChI is InChI=1S/C18H12N2OS/c19-11-14(10-13-6-2-1-3-7-13)18-20-16(12-22-18)15-8-4-5-9-17(15)21/h1-10,12,21H/b14-10-. The molecule has 0 aliphatic rings. The lowest BCUT2D eigenvalue weighted by Crippen LogP contribution is -1.83. The van der Waals surface area contributed by atoms with E-state index in [1.807, 2.05) is 47.9 Å². The van der Waals surface area contributed by atoms with Crippen LogP contribution >= 0.6 is 11.3 Å². The summed E-state index contributed by atoms with van der Waals surface area (Å²) >= 11 is 1.39. The Morgan fingerprint density at radius 1 is 1.09 bits per heavy atom. The summed E-state index contributed by atoms with van der Waals surface area (Å²) in [7, 11) is 0. The van der Waals surface area contributed by atoms with Gasteiger partial charge in [-0.2, -0.15) is 5.26 Å². The number of thiazole rings is 1. The number of para-hydroxylation sites is 1. The van der Waals surface area contributed by atoms with Gasteiger partial charge in [0.05, 0.1) is 11.3 Å². The molecule has 3 rings (SSSR count). The summed E-state index contributed by atoms with van der Waals surface area (Å²) in [6.45, 7) is 0. The van der Waals surface area contributed by atoms with Crippen LogP contribution < -0.4 is 0 Å². The summed E-state index contributed by atoms with van der Waals surface area (Å²) in [6.07, 6.45) is 1.81. The quantitative estimate of drug-likeness (QED) is 0.720. The van der Waals surface area contributed by atoms with Crippen molar-refractivity contribution in [3.8, 4) is 23.1 Å². The van der Waals surface area contributed by atoms with E-state index < -0.39 is 0 Å². The molecule has 0 spiro atoms. The molecule has 0 bridgehead atoms. The molecule has 2 aromatic carbocycles. The number of hydrogen-bond acceptors (Lipinski definition) is 4. The van der Waals surface area contributed by atoms with Crippen molar-refractivity contribution in [2.45, 2.75) is 0 Å². The molecule has 1 heterocycles. The summed E-state index contributed by atoms with van der Waals surface area (Å²) in [5.74, 6) is 0.185. The van der Waals surface area contributed by atoms with Crippen LogP contribution in [0.3, 0.4) is 0 Å². The number of aromatic hydroxyl groups is 1. The minimum absolute atomic E-state index is 0.185. The van der Waals surface area contributed by atoms with Crippen molar-refractivity contribution in [3.05, 3.63) is 70.5 Å². The van der Waals surface area contributed by atoms with Gasteiger partial charge in [-0.25, -0.2) is 4.98 Å². The number of phenols is 1. The van der Waals surface area contributed by atoms with E-state index >= 15 is 0 Å². The number of aromatic nitrogens is 1. The van der Waals surface area contributed by atoms with Crippen molar-refractivity contribution in [2.75, 3.05) is 0 Å². The molecule has 0 saturated heterocycles. The second-order valence-corrected chi connectivity index (χ2v) is 5.49. The highest BCUT2D eigenvalue weighted by Crippen LogP contribution is 2.31. The zero-order valence-corrected chi connectivity index (χ0v) is 12.4. The number of nitriles is 1. The number of allylic oxidation sites excluding steroid dienone is 1. The first-order chi connectivity index (χ1) is 10.8. The first-order valence-electron chi connectivity index (χ1n) is 6.69. The van der Waals surface area contributed by atoms with Crippen LogP contribution in [0.15, 0.2) is 60.0 Å². The summed E-state index contributed by atoms with van der Waals surface area (Å²) in [5, 5.41) is 21.8. The van der Waals surface area contributed by atoms with Gasteiger partial charge >= 0.3 is 0 Å². The minimum atomic E-state index is 0.185. The highest BCUT2D eigenvalue weighted by Gasteiger charge is 2.11. The molecule has 0 aliphatic carbocycles. The Morgan fingerprint density at radius 2 is 1.82 bits per heavy atom. The number of phenolic OH excluding ortho intramolecular Hbond substituents is 1. The van der Waals surface area contributed by atoms with E-state index in [1.54, 1.807) is 18.2 Å². The van der Waals surface area contributed by atoms with E-state index in [1.165, 1.54) is 11.3 Å². The molecular weight excluding hydrogens is 292 g/mol. The van der Waals surface area contributed by atoms with Gasteiger partial charge in [-0.15, -0.1) is 11.3 Å². The van der Waals surface area contributed by atoms with Gasteiger partial charge in [0.1, 0.15) is 16.8 Å². The number of hydrogen-bond donors (Lipinski definition) is 1. The number of nitrogens with zero attached hydrogens (tertiary/aromatic N) is 2. The van der Waals surface area contributed by atoms with E-state index in [2.05, 4.69) is 11.1 Å². The molecule has 3 nitrogen and oxygen atoms in total. The predicted molar refractivity (Wildman–Crippen MR) is 89.1 cm³/mol. The van der Waals surface area contributed by atoms with Crippen LogP contribution in [0.2, 0.25) is 0 Å². The van der Waals surface area contributed by atoms with Gasteiger partial charge in [-0.1, -0.05) is 42.5 Å². The Hall–Kier alpha value is -2.90. The van der Waals surface area contributed by atoms with Crippen LogP contribution in [0.4, 0.5) is 0 Å². The third kappa shape index (κ3) is 2.90. The number of rotatable bonds is 3. The largest absolute Gasteiger partial charge is 0.507 e. The van der Waals surface area contributed by atoms with Gasteiger partial charge in [-0.05, 0) is 23.8 Å². The van der Waals surface area contributed by atoms with Gasteiger partial charge in [0.15, 0.2) is 0 Å². The summed E-state index contributed by atoms with van der Waals surface area (Å²) in [4.78, 5) is 4.48. The molecule has 1 aromatic heterocycles. The second-order valence-electron chi connectivity index (χ2n) is 4.64. The first kappa shape index (κ1) is 14.1. The van der Waals surface area contributed by atoms with E-state index in [4.69, 9.17) is 0 Å². The summed E-state index contributed by atoms with van der Waals surface area (Å²) < 4.78 is 0. The fraction of sp³-hybridized carbons (Fsp3) is 0. The molecule has 0 aliphatic heterocycles. The Bertz CT molecular complexity index is 860. The van der Waals surface area contributed by atoms with Gasteiger partial charge in [0.2, 0.25) is 0 Å². The van der Waals surface area contributed by atoms with Crippen molar-refractivity contribution < 1.29 is 5.11 Å². The van der Waals surface area contributed by atoms with E-state index in [-0.39, 0.29) is 5.75 Å². The lowest BCUT2D eigenvalue weighted by molar-refractivity contribution is 0.477. The van der Waals surface area contributed by atoms with Crippen LogP contribution in [-0.2, 0) is 0 Å². The monoisotopic (exact) mass is 304 g/mol. The van der Waals surface area contributed by atoms with Crippen LogP contribution in [-0.4, -0.2) is 10.1 Å². The fourth-order valence-electron chi connectivity index (χ4n) is 2.07. The molecular formula is C18H12N2OS. The van der Waals surface area contributed by atoms with Crippen LogP contribution in [0.1, 0.15) is 10.6 Å². The molecule has 0 fully saturated rings. The molecule has 0 radical (unpaired) electrons. The molecule has 0 atom stereocenters. The smallest absolute Gasteiger partial charge is 0.134 e. The molecule has 22 heavy (non-hydrogen) atoms. The van der Waals surface area contributed by atoms with E-state index in [0.717, 1.165) is 5.56 Å². The topological polar surface area (TPSA) is 56.9 Å². The fourth-order valence-corrected chi connectivity index (χ4v) is 2.85. The van der Waals surface area contributed by atoms with Gasteiger partial charge in [-0.3, -0.25) is 0 Å². The van der Waals surface area contributed by atoms with Crippen LogP contribution in [0.5, 0.6) is 5.75 Å². The Morgan fingerprint density at radius 3 is 2.55 bits per heavy atom. The maximum Gasteiger partial charge on any atom is 0.134 e. The minimum Gasteiger partial charge on any atom is -0.507 e.